The Morgan fingerprint density at radius 3 is 2.36 bits per heavy atom. The van der Waals surface area contributed by atoms with Crippen LogP contribution in [0.5, 0.6) is 0 Å². The lowest BCUT2D eigenvalue weighted by Gasteiger charge is -2.34. The summed E-state index contributed by atoms with van der Waals surface area (Å²) in [6.45, 7) is 4.46. The highest BCUT2D eigenvalue weighted by molar-refractivity contribution is 7.89. The fourth-order valence-electron chi connectivity index (χ4n) is 2.99. The van der Waals surface area contributed by atoms with Crippen molar-refractivity contribution in [1.82, 2.24) is 19.4 Å². The first-order chi connectivity index (χ1) is 11.8. The highest BCUT2D eigenvalue weighted by Gasteiger charge is 2.33. The number of hydrogen-bond donors (Lipinski definition) is 1. The van der Waals surface area contributed by atoms with Crippen LogP contribution in [0.25, 0.3) is 0 Å². The van der Waals surface area contributed by atoms with Gasteiger partial charge in [-0.05, 0) is 26.0 Å². The van der Waals surface area contributed by atoms with Crippen LogP contribution >= 0.6 is 11.6 Å². The fraction of sp³-hybridized carbons (Fsp3) is 0.375. The van der Waals surface area contributed by atoms with Gasteiger partial charge in [0, 0.05) is 26.2 Å². The molecule has 0 atom stereocenters. The Morgan fingerprint density at radius 2 is 1.80 bits per heavy atom. The molecule has 1 fully saturated rings. The van der Waals surface area contributed by atoms with Crippen molar-refractivity contribution < 1.29 is 13.2 Å². The van der Waals surface area contributed by atoms with Gasteiger partial charge in [-0.3, -0.25) is 9.89 Å². The van der Waals surface area contributed by atoms with Gasteiger partial charge < -0.3 is 4.90 Å². The number of H-pyrrole nitrogens is 1. The van der Waals surface area contributed by atoms with Crippen LogP contribution in [-0.2, 0) is 10.0 Å². The maximum absolute atomic E-state index is 12.8. The van der Waals surface area contributed by atoms with Crippen LogP contribution in [0.15, 0.2) is 29.2 Å². The summed E-state index contributed by atoms with van der Waals surface area (Å²) in [6.07, 6.45) is 0. The van der Waals surface area contributed by atoms with E-state index in [0.29, 0.717) is 35.1 Å². The smallest absolute Gasteiger partial charge is 0.255 e. The summed E-state index contributed by atoms with van der Waals surface area (Å²) in [5, 5.41) is 7.06. The molecule has 25 heavy (non-hydrogen) atoms. The van der Waals surface area contributed by atoms with Crippen molar-refractivity contribution in [1.29, 1.82) is 0 Å². The minimum absolute atomic E-state index is 0.182. The molecule has 1 aromatic heterocycles. The highest BCUT2D eigenvalue weighted by atomic mass is 35.5. The molecule has 1 amide bonds. The molecule has 0 saturated carbocycles. The molecule has 1 saturated heterocycles. The van der Waals surface area contributed by atoms with Gasteiger partial charge in [-0.1, -0.05) is 23.7 Å². The van der Waals surface area contributed by atoms with Gasteiger partial charge in [0.05, 0.1) is 22.0 Å². The summed E-state index contributed by atoms with van der Waals surface area (Å²) in [4.78, 5) is 14.4. The second-order valence-electron chi connectivity index (χ2n) is 5.94. The van der Waals surface area contributed by atoms with E-state index in [0.717, 1.165) is 0 Å². The molecular formula is C16H19ClN4O3S. The number of piperazine rings is 1. The topological polar surface area (TPSA) is 86.4 Å². The van der Waals surface area contributed by atoms with Crippen LogP contribution in [0.1, 0.15) is 21.7 Å². The number of amides is 1. The van der Waals surface area contributed by atoms with E-state index >= 15 is 0 Å². The van der Waals surface area contributed by atoms with Crippen LogP contribution in [0.4, 0.5) is 0 Å². The molecule has 0 aliphatic carbocycles. The Morgan fingerprint density at radius 1 is 1.16 bits per heavy atom. The molecule has 1 N–H and O–H groups in total. The van der Waals surface area contributed by atoms with E-state index < -0.39 is 10.0 Å². The van der Waals surface area contributed by atoms with Crippen LogP contribution < -0.4 is 0 Å². The van der Waals surface area contributed by atoms with E-state index in [4.69, 9.17) is 11.6 Å². The summed E-state index contributed by atoms with van der Waals surface area (Å²) >= 11 is 6.08. The number of benzene rings is 1. The molecule has 0 radical (unpaired) electrons. The summed E-state index contributed by atoms with van der Waals surface area (Å²) in [6, 6.07) is 6.86. The number of nitrogens with one attached hydrogen (secondary N) is 1. The van der Waals surface area contributed by atoms with E-state index in [2.05, 4.69) is 10.2 Å². The summed E-state index contributed by atoms with van der Waals surface area (Å²) in [5.41, 5.74) is 1.40. The lowest BCUT2D eigenvalue weighted by Crippen LogP contribution is -2.50. The van der Waals surface area contributed by atoms with Gasteiger partial charge in [0.2, 0.25) is 10.0 Å². The number of sulfonamides is 1. The first kappa shape index (κ1) is 17.9. The molecule has 2 aromatic rings. The number of aryl methyl sites for hydroxylation is 2. The average Bonchev–Trinajstić information content (AvgIpc) is 2.94. The van der Waals surface area contributed by atoms with Crippen LogP contribution in [-0.4, -0.2) is 59.9 Å². The number of halogens is 1. The number of rotatable bonds is 3. The van der Waals surface area contributed by atoms with Crippen molar-refractivity contribution >= 4 is 27.5 Å². The Balaban J connectivity index is 1.74. The zero-order chi connectivity index (χ0) is 18.2. The van der Waals surface area contributed by atoms with Crippen molar-refractivity contribution in [2.75, 3.05) is 26.2 Å². The molecular weight excluding hydrogens is 364 g/mol. The van der Waals surface area contributed by atoms with Gasteiger partial charge in [0.1, 0.15) is 4.90 Å². The van der Waals surface area contributed by atoms with Crippen LogP contribution in [0.2, 0.25) is 5.02 Å². The standard InChI is InChI=1S/C16H19ClN4O3S/c1-11-15(12(2)19-18-11)25(23,24)21-9-7-20(8-10-21)16(22)13-5-3-4-6-14(13)17/h3-6H,7-10H2,1-2H3,(H,18,19). The maximum Gasteiger partial charge on any atom is 0.255 e. The predicted octanol–water partition coefficient (Wildman–Crippen LogP) is 1.83. The Kier molecular flexibility index (Phi) is 4.86. The zero-order valence-electron chi connectivity index (χ0n) is 14.0. The minimum Gasteiger partial charge on any atom is -0.336 e. The predicted molar refractivity (Wildman–Crippen MR) is 94.2 cm³/mol. The van der Waals surface area contributed by atoms with Crippen molar-refractivity contribution in [2.24, 2.45) is 0 Å². The van der Waals surface area contributed by atoms with E-state index in [9.17, 15) is 13.2 Å². The fourth-order valence-corrected chi connectivity index (χ4v) is 4.96. The Bertz CT molecular complexity index is 882. The summed E-state index contributed by atoms with van der Waals surface area (Å²) in [7, 11) is -3.63. The third kappa shape index (κ3) is 3.29. The lowest BCUT2D eigenvalue weighted by molar-refractivity contribution is 0.0698. The molecule has 0 unspecified atom stereocenters. The van der Waals surface area contributed by atoms with Gasteiger partial charge in [-0.2, -0.15) is 9.40 Å². The van der Waals surface area contributed by atoms with Crippen molar-refractivity contribution in [3.8, 4) is 0 Å². The number of aromatic nitrogens is 2. The maximum atomic E-state index is 12.8. The summed E-state index contributed by atoms with van der Waals surface area (Å²) in [5.74, 6) is -0.182. The molecule has 1 aliphatic rings. The van der Waals surface area contributed by atoms with E-state index in [1.807, 2.05) is 0 Å². The third-order valence-electron chi connectivity index (χ3n) is 4.29. The van der Waals surface area contributed by atoms with E-state index in [-0.39, 0.29) is 23.9 Å². The van der Waals surface area contributed by atoms with Gasteiger partial charge in [0.15, 0.2) is 0 Å². The first-order valence-corrected chi connectivity index (χ1v) is 9.69. The van der Waals surface area contributed by atoms with Gasteiger partial charge >= 0.3 is 0 Å². The number of carbonyl (C=O) groups is 1. The molecule has 0 spiro atoms. The molecule has 134 valence electrons. The molecule has 1 aliphatic heterocycles. The van der Waals surface area contributed by atoms with Crippen molar-refractivity contribution in [2.45, 2.75) is 18.7 Å². The normalized spacial score (nSPS) is 16.2. The quantitative estimate of drug-likeness (QED) is 0.877. The third-order valence-corrected chi connectivity index (χ3v) is 6.78. The molecule has 1 aromatic carbocycles. The lowest BCUT2D eigenvalue weighted by atomic mass is 10.2. The Labute approximate surface area is 151 Å². The monoisotopic (exact) mass is 382 g/mol. The first-order valence-electron chi connectivity index (χ1n) is 7.88. The molecule has 7 nitrogen and oxygen atoms in total. The van der Waals surface area contributed by atoms with Crippen molar-refractivity contribution in [3.05, 3.63) is 46.2 Å². The molecule has 9 heteroatoms. The van der Waals surface area contributed by atoms with E-state index in [1.165, 1.54) is 4.31 Å². The van der Waals surface area contributed by atoms with Crippen LogP contribution in [0.3, 0.4) is 0 Å². The number of carbonyl (C=O) groups excluding carboxylic acids is 1. The Hall–Kier alpha value is -1.90. The number of hydrogen-bond acceptors (Lipinski definition) is 4. The number of nitrogens with zero attached hydrogens (tertiary/aromatic N) is 3. The molecule has 2 heterocycles. The van der Waals surface area contributed by atoms with Crippen molar-refractivity contribution in [3.63, 3.8) is 0 Å². The van der Waals surface area contributed by atoms with E-state index in [1.54, 1.807) is 43.0 Å². The molecule has 3 rings (SSSR count). The van der Waals surface area contributed by atoms with Gasteiger partial charge in [0.25, 0.3) is 5.91 Å². The molecule has 0 bridgehead atoms. The van der Waals surface area contributed by atoms with Crippen LogP contribution in [0, 0.1) is 13.8 Å². The second-order valence-corrected chi connectivity index (χ2v) is 8.22. The minimum atomic E-state index is -3.63. The largest absolute Gasteiger partial charge is 0.336 e. The SMILES string of the molecule is Cc1n[nH]c(C)c1S(=O)(=O)N1CCN(C(=O)c2ccccc2Cl)CC1. The second kappa shape index (κ2) is 6.78. The van der Waals surface area contributed by atoms with Gasteiger partial charge in [-0.25, -0.2) is 8.42 Å². The van der Waals surface area contributed by atoms with Gasteiger partial charge in [-0.15, -0.1) is 0 Å². The average molecular weight is 383 g/mol. The number of aromatic amines is 1. The summed E-state index contributed by atoms with van der Waals surface area (Å²) < 4.78 is 27.1. The highest BCUT2D eigenvalue weighted by Crippen LogP contribution is 2.24. The zero-order valence-corrected chi connectivity index (χ0v) is 15.6.